The number of oxazole rings is 1. The first kappa shape index (κ1) is 15.0. The Hall–Kier alpha value is -1.36. The van der Waals surface area contributed by atoms with Gasteiger partial charge in [-0.15, -0.1) is 0 Å². The topological polar surface area (TPSA) is 67.2 Å². The summed E-state index contributed by atoms with van der Waals surface area (Å²) < 4.78 is 5.50. The van der Waals surface area contributed by atoms with Crippen LogP contribution in [0.2, 0.25) is 0 Å². The summed E-state index contributed by atoms with van der Waals surface area (Å²) in [7, 11) is 0. The quantitative estimate of drug-likeness (QED) is 0.863. The van der Waals surface area contributed by atoms with Crippen molar-refractivity contribution in [1.29, 1.82) is 0 Å². The number of aryl methyl sites for hydroxylation is 1. The highest BCUT2D eigenvalue weighted by Gasteiger charge is 2.37. The molecule has 5 heteroatoms. The summed E-state index contributed by atoms with van der Waals surface area (Å²) in [5, 5.41) is 6.32. The predicted molar refractivity (Wildman–Crippen MR) is 77.1 cm³/mol. The highest BCUT2D eigenvalue weighted by molar-refractivity contribution is 5.82. The number of hydrogen-bond donors (Lipinski definition) is 2. The molecule has 2 rings (SSSR count). The third-order valence-corrected chi connectivity index (χ3v) is 4.25. The summed E-state index contributed by atoms with van der Waals surface area (Å²) in [4.78, 5) is 16.6. The second kappa shape index (κ2) is 6.39. The van der Waals surface area contributed by atoms with Gasteiger partial charge in [-0.05, 0) is 31.8 Å². The van der Waals surface area contributed by atoms with Crippen LogP contribution in [0.1, 0.15) is 45.3 Å². The smallest absolute Gasteiger partial charge is 0.226 e. The highest BCUT2D eigenvalue weighted by atomic mass is 16.4. The van der Waals surface area contributed by atoms with Gasteiger partial charge in [0.1, 0.15) is 5.76 Å². The molecule has 1 aliphatic heterocycles. The van der Waals surface area contributed by atoms with Crippen LogP contribution in [0.4, 0.5) is 0 Å². The fourth-order valence-electron chi connectivity index (χ4n) is 2.63. The largest absolute Gasteiger partial charge is 0.444 e. The summed E-state index contributed by atoms with van der Waals surface area (Å²) in [6.07, 6.45) is 4.78. The van der Waals surface area contributed by atoms with Gasteiger partial charge >= 0.3 is 0 Å². The van der Waals surface area contributed by atoms with Crippen molar-refractivity contribution < 1.29 is 9.21 Å². The van der Waals surface area contributed by atoms with Crippen molar-refractivity contribution in [2.45, 2.75) is 46.6 Å². The minimum Gasteiger partial charge on any atom is -0.444 e. The van der Waals surface area contributed by atoms with Crippen molar-refractivity contribution in [2.24, 2.45) is 11.3 Å². The Morgan fingerprint density at radius 1 is 1.60 bits per heavy atom. The standard InChI is InChI=1S/C15H25N3O2/c1-4-12-9-17-13(20-12)10-18-14(19)15(2,3)11-6-5-7-16-8-11/h9,11,16H,4-8,10H2,1-3H3,(H,18,19). The molecule has 0 radical (unpaired) electrons. The maximum absolute atomic E-state index is 12.4. The van der Waals surface area contributed by atoms with Crippen molar-refractivity contribution in [3.8, 4) is 0 Å². The average molecular weight is 279 g/mol. The molecule has 1 aromatic rings. The van der Waals surface area contributed by atoms with Gasteiger partial charge in [0.2, 0.25) is 11.8 Å². The lowest BCUT2D eigenvalue weighted by Gasteiger charge is -2.35. The molecule has 1 amide bonds. The van der Waals surface area contributed by atoms with E-state index in [1.807, 2.05) is 20.8 Å². The van der Waals surface area contributed by atoms with Crippen molar-refractivity contribution in [2.75, 3.05) is 13.1 Å². The lowest BCUT2D eigenvalue weighted by atomic mass is 9.74. The lowest BCUT2D eigenvalue weighted by molar-refractivity contribution is -0.132. The normalized spacial score (nSPS) is 19.9. The first-order valence-electron chi connectivity index (χ1n) is 7.46. The van der Waals surface area contributed by atoms with Gasteiger partial charge in [-0.1, -0.05) is 20.8 Å². The molecule has 5 nitrogen and oxygen atoms in total. The van der Waals surface area contributed by atoms with Crippen LogP contribution in [0.5, 0.6) is 0 Å². The molecule has 0 saturated carbocycles. The SMILES string of the molecule is CCc1cnc(CNC(=O)C(C)(C)C2CCCNC2)o1. The molecule has 2 heterocycles. The Bertz CT molecular complexity index is 448. The molecule has 1 aliphatic rings. The molecule has 1 fully saturated rings. The zero-order valence-electron chi connectivity index (χ0n) is 12.7. The zero-order valence-corrected chi connectivity index (χ0v) is 12.7. The van der Waals surface area contributed by atoms with E-state index in [1.165, 1.54) is 0 Å². The van der Waals surface area contributed by atoms with Gasteiger partial charge in [-0.2, -0.15) is 0 Å². The van der Waals surface area contributed by atoms with E-state index in [-0.39, 0.29) is 11.3 Å². The molecule has 0 bridgehead atoms. The van der Waals surface area contributed by atoms with Gasteiger partial charge in [-0.3, -0.25) is 4.79 Å². The number of nitrogens with zero attached hydrogens (tertiary/aromatic N) is 1. The molecule has 1 unspecified atom stereocenters. The number of carbonyl (C=O) groups is 1. The van der Waals surface area contributed by atoms with Crippen LogP contribution < -0.4 is 10.6 Å². The number of aromatic nitrogens is 1. The monoisotopic (exact) mass is 279 g/mol. The number of carbonyl (C=O) groups excluding carboxylic acids is 1. The van der Waals surface area contributed by atoms with Crippen LogP contribution in [0.3, 0.4) is 0 Å². The minimum absolute atomic E-state index is 0.0717. The van der Waals surface area contributed by atoms with E-state index in [0.29, 0.717) is 18.4 Å². The summed E-state index contributed by atoms with van der Waals surface area (Å²) in [6.45, 7) is 8.40. The Kier molecular flexibility index (Phi) is 4.81. The number of nitrogens with one attached hydrogen (secondary N) is 2. The van der Waals surface area contributed by atoms with E-state index < -0.39 is 0 Å². The first-order chi connectivity index (χ1) is 9.54. The first-order valence-corrected chi connectivity index (χ1v) is 7.46. The zero-order chi connectivity index (χ0) is 14.6. The summed E-state index contributed by atoms with van der Waals surface area (Å²) in [5.41, 5.74) is -0.367. The average Bonchev–Trinajstić information content (AvgIpc) is 2.93. The highest BCUT2D eigenvalue weighted by Crippen LogP contribution is 2.31. The van der Waals surface area contributed by atoms with Crippen LogP contribution in [0.15, 0.2) is 10.6 Å². The Morgan fingerprint density at radius 3 is 3.00 bits per heavy atom. The number of amides is 1. The molecule has 1 atom stereocenters. The van der Waals surface area contributed by atoms with E-state index in [0.717, 1.165) is 38.1 Å². The van der Waals surface area contributed by atoms with Crippen LogP contribution in [0.25, 0.3) is 0 Å². The van der Waals surface area contributed by atoms with Gasteiger partial charge in [0.25, 0.3) is 0 Å². The van der Waals surface area contributed by atoms with Gasteiger partial charge in [0.05, 0.1) is 12.7 Å². The lowest BCUT2D eigenvalue weighted by Crippen LogP contribution is -2.47. The van der Waals surface area contributed by atoms with Crippen LogP contribution in [0, 0.1) is 11.3 Å². The van der Waals surface area contributed by atoms with Crippen molar-refractivity contribution in [3.63, 3.8) is 0 Å². The molecular weight excluding hydrogens is 254 g/mol. The van der Waals surface area contributed by atoms with Gasteiger partial charge in [0, 0.05) is 11.8 Å². The summed E-state index contributed by atoms with van der Waals surface area (Å²) in [6, 6.07) is 0. The summed E-state index contributed by atoms with van der Waals surface area (Å²) in [5.74, 6) is 1.88. The van der Waals surface area contributed by atoms with E-state index in [9.17, 15) is 4.79 Å². The number of hydrogen-bond acceptors (Lipinski definition) is 4. The van der Waals surface area contributed by atoms with Crippen LogP contribution in [-0.2, 0) is 17.8 Å². The van der Waals surface area contributed by atoms with Gasteiger partial charge < -0.3 is 15.1 Å². The molecule has 20 heavy (non-hydrogen) atoms. The molecule has 1 saturated heterocycles. The predicted octanol–water partition coefficient (Wildman–Crippen LogP) is 1.88. The minimum atomic E-state index is -0.367. The van der Waals surface area contributed by atoms with Gasteiger partial charge in [0.15, 0.2) is 0 Å². The third kappa shape index (κ3) is 3.39. The molecule has 112 valence electrons. The Morgan fingerprint density at radius 2 is 2.40 bits per heavy atom. The van der Waals surface area contributed by atoms with Gasteiger partial charge in [-0.25, -0.2) is 4.98 Å². The molecule has 2 N–H and O–H groups in total. The summed E-state index contributed by atoms with van der Waals surface area (Å²) >= 11 is 0. The fourth-order valence-corrected chi connectivity index (χ4v) is 2.63. The molecule has 0 aromatic carbocycles. The molecular formula is C15H25N3O2. The maximum Gasteiger partial charge on any atom is 0.226 e. The second-order valence-electron chi connectivity index (χ2n) is 6.02. The third-order valence-electron chi connectivity index (χ3n) is 4.25. The fraction of sp³-hybridized carbons (Fsp3) is 0.733. The van der Waals surface area contributed by atoms with E-state index in [1.54, 1.807) is 6.20 Å². The van der Waals surface area contributed by atoms with Crippen molar-refractivity contribution >= 4 is 5.91 Å². The Balaban J connectivity index is 1.89. The molecule has 0 spiro atoms. The van der Waals surface area contributed by atoms with Crippen molar-refractivity contribution in [1.82, 2.24) is 15.6 Å². The van der Waals surface area contributed by atoms with E-state index in [4.69, 9.17) is 4.42 Å². The Labute approximate surface area is 120 Å². The van der Waals surface area contributed by atoms with Crippen LogP contribution in [-0.4, -0.2) is 24.0 Å². The number of rotatable bonds is 5. The number of piperidine rings is 1. The molecule has 1 aromatic heterocycles. The van der Waals surface area contributed by atoms with E-state index >= 15 is 0 Å². The maximum atomic E-state index is 12.4. The van der Waals surface area contributed by atoms with E-state index in [2.05, 4.69) is 15.6 Å². The van der Waals surface area contributed by atoms with Crippen molar-refractivity contribution in [3.05, 3.63) is 17.8 Å². The van der Waals surface area contributed by atoms with Crippen LogP contribution >= 0.6 is 0 Å². The second-order valence-corrected chi connectivity index (χ2v) is 6.02. The molecule has 0 aliphatic carbocycles.